The predicted octanol–water partition coefficient (Wildman–Crippen LogP) is 2.12. The molecular formula is C11H14FN. The van der Waals surface area contributed by atoms with E-state index < -0.39 is 0 Å². The normalized spacial score (nSPS) is 17.2. The molecule has 0 saturated heterocycles. The molecule has 1 nitrogen and oxygen atoms in total. The van der Waals surface area contributed by atoms with E-state index in [1.807, 2.05) is 20.0 Å². The largest absolute Gasteiger partial charge is 0.302 e. The van der Waals surface area contributed by atoms with Gasteiger partial charge in [-0.25, -0.2) is 4.39 Å². The molecule has 1 aliphatic heterocycles. The summed E-state index contributed by atoms with van der Waals surface area (Å²) in [6.45, 7) is 3.61. The monoisotopic (exact) mass is 179 g/mol. The van der Waals surface area contributed by atoms with E-state index in [-0.39, 0.29) is 5.82 Å². The Labute approximate surface area is 78.2 Å². The number of rotatable bonds is 0. The number of benzene rings is 1. The first-order chi connectivity index (χ1) is 6.18. The van der Waals surface area contributed by atoms with Crippen molar-refractivity contribution in [2.75, 3.05) is 13.6 Å². The van der Waals surface area contributed by atoms with Gasteiger partial charge in [0.15, 0.2) is 0 Å². The minimum atomic E-state index is -0.0101. The average Bonchev–Trinajstić information content (AvgIpc) is 2.12. The van der Waals surface area contributed by atoms with Crippen LogP contribution in [0.4, 0.5) is 4.39 Å². The minimum Gasteiger partial charge on any atom is -0.302 e. The molecule has 0 unspecified atom stereocenters. The Morgan fingerprint density at radius 1 is 1.38 bits per heavy atom. The highest BCUT2D eigenvalue weighted by molar-refractivity contribution is 5.34. The molecule has 0 aliphatic carbocycles. The molecule has 0 atom stereocenters. The number of aryl methyl sites for hydroxylation is 1. The molecular weight excluding hydrogens is 165 g/mol. The summed E-state index contributed by atoms with van der Waals surface area (Å²) in [5.74, 6) is -0.0101. The van der Waals surface area contributed by atoms with Crippen LogP contribution in [0.15, 0.2) is 12.1 Å². The summed E-state index contributed by atoms with van der Waals surface area (Å²) in [6.07, 6.45) is 0.975. The maximum atomic E-state index is 13.6. The molecule has 1 heterocycles. The Bertz CT molecular complexity index is 333. The fraction of sp³-hybridized carbons (Fsp3) is 0.455. The molecule has 1 aromatic carbocycles. The number of hydrogen-bond donors (Lipinski definition) is 0. The first kappa shape index (κ1) is 8.70. The van der Waals surface area contributed by atoms with Crippen molar-refractivity contribution in [1.82, 2.24) is 4.90 Å². The van der Waals surface area contributed by atoms with E-state index in [4.69, 9.17) is 0 Å². The van der Waals surface area contributed by atoms with Crippen LogP contribution in [0.3, 0.4) is 0 Å². The molecule has 2 heteroatoms. The highest BCUT2D eigenvalue weighted by atomic mass is 19.1. The third kappa shape index (κ3) is 1.46. The zero-order valence-electron chi connectivity index (χ0n) is 8.10. The molecule has 0 bridgehead atoms. The number of fused-ring (bicyclic) bond motifs is 1. The summed E-state index contributed by atoms with van der Waals surface area (Å²) in [4.78, 5) is 2.16. The second-order valence-corrected chi connectivity index (χ2v) is 3.82. The number of likely N-dealkylation sites (N-methyl/N-ethyl adjacent to an activating group) is 1. The summed E-state index contributed by atoms with van der Waals surface area (Å²) >= 11 is 0. The lowest BCUT2D eigenvalue weighted by atomic mass is 9.97. The topological polar surface area (TPSA) is 3.24 Å². The molecule has 0 aromatic heterocycles. The van der Waals surface area contributed by atoms with Crippen LogP contribution >= 0.6 is 0 Å². The summed E-state index contributed by atoms with van der Waals surface area (Å²) in [6, 6.07) is 3.93. The van der Waals surface area contributed by atoms with Gasteiger partial charge in [0.25, 0.3) is 0 Å². The average molecular weight is 179 g/mol. The molecule has 0 amide bonds. The van der Waals surface area contributed by atoms with Crippen molar-refractivity contribution in [1.29, 1.82) is 0 Å². The van der Waals surface area contributed by atoms with E-state index in [1.54, 1.807) is 0 Å². The second kappa shape index (κ2) is 3.11. The molecule has 0 fully saturated rings. The van der Waals surface area contributed by atoms with E-state index >= 15 is 0 Å². The van der Waals surface area contributed by atoms with Crippen molar-refractivity contribution in [2.45, 2.75) is 19.9 Å². The first-order valence-electron chi connectivity index (χ1n) is 4.64. The smallest absolute Gasteiger partial charge is 0.130 e. The highest BCUT2D eigenvalue weighted by Crippen LogP contribution is 2.22. The van der Waals surface area contributed by atoms with Crippen LogP contribution in [-0.4, -0.2) is 18.5 Å². The molecule has 1 aliphatic rings. The van der Waals surface area contributed by atoms with Gasteiger partial charge in [-0.05, 0) is 31.5 Å². The van der Waals surface area contributed by atoms with Crippen molar-refractivity contribution in [2.24, 2.45) is 0 Å². The Kier molecular flexibility index (Phi) is 2.08. The lowest BCUT2D eigenvalue weighted by Gasteiger charge is -2.25. The predicted molar refractivity (Wildman–Crippen MR) is 51.2 cm³/mol. The molecule has 0 N–H and O–H groups in total. The molecule has 0 saturated carbocycles. The van der Waals surface area contributed by atoms with E-state index in [0.717, 1.165) is 30.6 Å². The third-order valence-corrected chi connectivity index (χ3v) is 2.72. The minimum absolute atomic E-state index is 0.0101. The summed E-state index contributed by atoms with van der Waals surface area (Å²) in [7, 11) is 2.03. The van der Waals surface area contributed by atoms with Crippen LogP contribution in [0.1, 0.15) is 16.7 Å². The van der Waals surface area contributed by atoms with Crippen LogP contribution in [-0.2, 0) is 13.0 Å². The molecule has 13 heavy (non-hydrogen) atoms. The van der Waals surface area contributed by atoms with Crippen molar-refractivity contribution in [3.63, 3.8) is 0 Å². The first-order valence-corrected chi connectivity index (χ1v) is 4.64. The van der Waals surface area contributed by atoms with Crippen LogP contribution in [0.25, 0.3) is 0 Å². The van der Waals surface area contributed by atoms with Crippen LogP contribution < -0.4 is 0 Å². The molecule has 0 radical (unpaired) electrons. The lowest BCUT2D eigenvalue weighted by Crippen LogP contribution is -2.27. The third-order valence-electron chi connectivity index (χ3n) is 2.72. The molecule has 2 rings (SSSR count). The van der Waals surface area contributed by atoms with E-state index in [1.165, 1.54) is 5.56 Å². The molecule has 0 spiro atoms. The van der Waals surface area contributed by atoms with Gasteiger partial charge in [0, 0.05) is 18.7 Å². The number of hydrogen-bond acceptors (Lipinski definition) is 1. The molecule has 1 aromatic rings. The Hall–Kier alpha value is -0.890. The van der Waals surface area contributed by atoms with Crippen LogP contribution in [0, 0.1) is 12.7 Å². The van der Waals surface area contributed by atoms with Gasteiger partial charge >= 0.3 is 0 Å². The van der Waals surface area contributed by atoms with E-state index in [0.29, 0.717) is 0 Å². The standard InChI is InChI=1S/C11H14FN/c1-8-3-4-9-5-6-13(2)7-10(9)11(8)12/h3-4H,5-7H2,1-2H3. The lowest BCUT2D eigenvalue weighted by molar-refractivity contribution is 0.305. The van der Waals surface area contributed by atoms with Crippen molar-refractivity contribution >= 4 is 0 Å². The van der Waals surface area contributed by atoms with Crippen molar-refractivity contribution < 1.29 is 4.39 Å². The fourth-order valence-electron chi connectivity index (χ4n) is 1.84. The number of halogens is 1. The SMILES string of the molecule is Cc1ccc2c(c1F)CN(C)CC2. The fourth-order valence-corrected chi connectivity index (χ4v) is 1.84. The summed E-state index contributed by atoms with van der Waals surface area (Å²) in [5, 5.41) is 0. The quantitative estimate of drug-likeness (QED) is 0.589. The Balaban J connectivity index is 2.48. The maximum absolute atomic E-state index is 13.6. The highest BCUT2D eigenvalue weighted by Gasteiger charge is 2.17. The van der Waals surface area contributed by atoms with Gasteiger partial charge < -0.3 is 4.90 Å². The Morgan fingerprint density at radius 3 is 2.92 bits per heavy atom. The number of nitrogens with zero attached hydrogens (tertiary/aromatic N) is 1. The summed E-state index contributed by atoms with van der Waals surface area (Å²) < 4.78 is 13.6. The van der Waals surface area contributed by atoms with E-state index in [2.05, 4.69) is 11.0 Å². The summed E-state index contributed by atoms with van der Waals surface area (Å²) in [5.41, 5.74) is 2.84. The van der Waals surface area contributed by atoms with Gasteiger partial charge in [0.1, 0.15) is 5.82 Å². The van der Waals surface area contributed by atoms with Gasteiger partial charge in [0.2, 0.25) is 0 Å². The van der Waals surface area contributed by atoms with Gasteiger partial charge in [-0.15, -0.1) is 0 Å². The van der Waals surface area contributed by atoms with Crippen molar-refractivity contribution in [3.05, 3.63) is 34.6 Å². The zero-order chi connectivity index (χ0) is 9.42. The van der Waals surface area contributed by atoms with Gasteiger partial charge in [-0.2, -0.15) is 0 Å². The van der Waals surface area contributed by atoms with Crippen LogP contribution in [0.2, 0.25) is 0 Å². The van der Waals surface area contributed by atoms with Gasteiger partial charge in [-0.1, -0.05) is 12.1 Å². The van der Waals surface area contributed by atoms with Crippen LogP contribution in [0.5, 0.6) is 0 Å². The molecule has 70 valence electrons. The van der Waals surface area contributed by atoms with Gasteiger partial charge in [-0.3, -0.25) is 0 Å². The van der Waals surface area contributed by atoms with Gasteiger partial charge in [0.05, 0.1) is 0 Å². The van der Waals surface area contributed by atoms with E-state index in [9.17, 15) is 4.39 Å². The second-order valence-electron chi connectivity index (χ2n) is 3.82. The van der Waals surface area contributed by atoms with Crippen molar-refractivity contribution in [3.8, 4) is 0 Å². The zero-order valence-corrected chi connectivity index (χ0v) is 8.10. The Morgan fingerprint density at radius 2 is 2.15 bits per heavy atom. The maximum Gasteiger partial charge on any atom is 0.130 e.